The van der Waals surface area contributed by atoms with Gasteiger partial charge in [-0.15, -0.1) is 5.10 Å². The van der Waals surface area contributed by atoms with Crippen LogP contribution in [0.25, 0.3) is 11.0 Å². The number of H-pyrrole nitrogens is 2. The zero-order valence-corrected chi connectivity index (χ0v) is 14.4. The number of benzene rings is 1. The zero-order chi connectivity index (χ0) is 16.4. The second-order valence-corrected chi connectivity index (χ2v) is 7.58. The molecule has 7 heteroatoms. The number of aromatic nitrogens is 5. The minimum absolute atomic E-state index is 0.0246. The first-order valence-corrected chi connectivity index (χ1v) is 8.67. The summed E-state index contributed by atoms with van der Waals surface area (Å²) >= 11 is 1.61. The summed E-state index contributed by atoms with van der Waals surface area (Å²) in [7, 11) is 0. The maximum absolute atomic E-state index is 12.0. The minimum atomic E-state index is -0.0517. The Bertz CT molecular complexity index is 855. The fourth-order valence-electron chi connectivity index (χ4n) is 2.36. The predicted octanol–water partition coefficient (Wildman–Crippen LogP) is 2.93. The number of fused-ring (bicyclic) bond motifs is 1. The Kier molecular flexibility index (Phi) is 4.30. The van der Waals surface area contributed by atoms with Crippen molar-refractivity contribution in [2.24, 2.45) is 0 Å². The van der Waals surface area contributed by atoms with Gasteiger partial charge in [-0.05, 0) is 18.6 Å². The van der Waals surface area contributed by atoms with E-state index in [1.54, 1.807) is 16.3 Å². The molecular formula is C16H21N5OS. The van der Waals surface area contributed by atoms with Gasteiger partial charge >= 0.3 is 5.69 Å². The Hall–Kier alpha value is -2.02. The number of hydrogen-bond donors (Lipinski definition) is 2. The van der Waals surface area contributed by atoms with Gasteiger partial charge in [0.15, 0.2) is 0 Å². The first-order valence-electron chi connectivity index (χ1n) is 7.68. The van der Waals surface area contributed by atoms with Gasteiger partial charge in [0.1, 0.15) is 5.82 Å². The maximum atomic E-state index is 12.0. The summed E-state index contributed by atoms with van der Waals surface area (Å²) in [4.78, 5) is 19.4. The lowest BCUT2D eigenvalue weighted by Crippen LogP contribution is -2.17. The van der Waals surface area contributed by atoms with E-state index >= 15 is 0 Å². The molecule has 0 spiro atoms. The largest absolute Gasteiger partial charge is 0.326 e. The molecule has 0 radical (unpaired) electrons. The molecule has 0 aliphatic rings. The molecule has 0 aliphatic heterocycles. The van der Waals surface area contributed by atoms with Crippen molar-refractivity contribution < 1.29 is 0 Å². The minimum Gasteiger partial charge on any atom is -0.306 e. The summed E-state index contributed by atoms with van der Waals surface area (Å²) in [6.07, 6.45) is 0.881. The highest BCUT2D eigenvalue weighted by molar-refractivity contribution is 7.99. The molecule has 2 aromatic heterocycles. The smallest absolute Gasteiger partial charge is 0.306 e. The molecule has 0 unspecified atom stereocenters. The van der Waals surface area contributed by atoms with E-state index < -0.39 is 0 Å². The van der Waals surface area contributed by atoms with Crippen LogP contribution in [0.15, 0.2) is 34.2 Å². The van der Waals surface area contributed by atoms with Crippen LogP contribution in [0.3, 0.4) is 0 Å². The first-order chi connectivity index (χ1) is 10.9. The van der Waals surface area contributed by atoms with Crippen molar-refractivity contribution in [2.45, 2.75) is 44.3 Å². The van der Waals surface area contributed by atoms with Gasteiger partial charge < -0.3 is 4.98 Å². The predicted molar refractivity (Wildman–Crippen MR) is 93.0 cm³/mol. The average molecular weight is 331 g/mol. The molecule has 0 saturated carbocycles. The fourth-order valence-corrected chi connectivity index (χ4v) is 3.08. The topological polar surface area (TPSA) is 79.4 Å². The van der Waals surface area contributed by atoms with Gasteiger partial charge in [0.2, 0.25) is 5.16 Å². The zero-order valence-electron chi connectivity index (χ0n) is 13.6. The lowest BCUT2D eigenvalue weighted by molar-refractivity contribution is 0.547. The van der Waals surface area contributed by atoms with E-state index in [0.717, 1.165) is 34.2 Å². The van der Waals surface area contributed by atoms with E-state index in [4.69, 9.17) is 0 Å². The highest BCUT2D eigenvalue weighted by Crippen LogP contribution is 2.21. The number of nitrogens with one attached hydrogen (secondary N) is 2. The van der Waals surface area contributed by atoms with Crippen LogP contribution in [0.5, 0.6) is 0 Å². The van der Waals surface area contributed by atoms with Gasteiger partial charge in [-0.25, -0.2) is 9.78 Å². The van der Waals surface area contributed by atoms with Crippen molar-refractivity contribution in [1.82, 2.24) is 24.7 Å². The van der Waals surface area contributed by atoms with Crippen LogP contribution in [0.1, 0.15) is 33.0 Å². The van der Waals surface area contributed by atoms with Crippen LogP contribution in [0.4, 0.5) is 0 Å². The number of para-hydroxylation sites is 2. The number of hydrogen-bond acceptors (Lipinski definition) is 4. The molecule has 0 saturated heterocycles. The third-order valence-electron chi connectivity index (χ3n) is 3.61. The summed E-state index contributed by atoms with van der Waals surface area (Å²) in [5.74, 6) is 1.76. The molecule has 0 bridgehead atoms. The highest BCUT2D eigenvalue weighted by atomic mass is 32.2. The Labute approximate surface area is 138 Å². The molecule has 0 amide bonds. The van der Waals surface area contributed by atoms with E-state index in [9.17, 15) is 4.79 Å². The lowest BCUT2D eigenvalue weighted by Gasteiger charge is -2.12. The summed E-state index contributed by atoms with van der Waals surface area (Å²) in [5, 5.41) is 7.99. The summed E-state index contributed by atoms with van der Waals surface area (Å²) in [6, 6.07) is 7.76. The molecule has 2 N–H and O–H groups in total. The molecular weight excluding hydrogens is 310 g/mol. The molecule has 3 rings (SSSR count). The Morgan fingerprint density at radius 2 is 2.04 bits per heavy atom. The molecule has 0 fully saturated rings. The van der Waals surface area contributed by atoms with Gasteiger partial charge in [-0.2, -0.15) is 0 Å². The summed E-state index contributed by atoms with van der Waals surface area (Å²) in [6.45, 7) is 6.99. The van der Waals surface area contributed by atoms with Crippen molar-refractivity contribution in [3.63, 3.8) is 0 Å². The molecule has 0 aliphatic carbocycles. The lowest BCUT2D eigenvalue weighted by atomic mass is 9.96. The molecule has 122 valence electrons. The van der Waals surface area contributed by atoms with Gasteiger partial charge in [-0.3, -0.25) is 9.67 Å². The van der Waals surface area contributed by atoms with E-state index in [1.807, 2.05) is 24.3 Å². The van der Waals surface area contributed by atoms with E-state index in [-0.39, 0.29) is 11.1 Å². The van der Waals surface area contributed by atoms with Crippen molar-refractivity contribution >= 4 is 22.8 Å². The van der Waals surface area contributed by atoms with E-state index in [0.29, 0.717) is 6.54 Å². The Balaban J connectivity index is 1.58. The van der Waals surface area contributed by atoms with Crippen molar-refractivity contribution in [2.75, 3.05) is 5.75 Å². The molecule has 23 heavy (non-hydrogen) atoms. The summed E-state index contributed by atoms with van der Waals surface area (Å²) < 4.78 is 1.79. The van der Waals surface area contributed by atoms with Crippen LogP contribution in [-0.2, 0) is 12.0 Å². The van der Waals surface area contributed by atoms with Crippen LogP contribution in [0, 0.1) is 0 Å². The number of imidazole rings is 1. The van der Waals surface area contributed by atoms with Gasteiger partial charge in [0.25, 0.3) is 0 Å². The maximum Gasteiger partial charge on any atom is 0.326 e. The molecule has 0 atom stereocenters. The Morgan fingerprint density at radius 3 is 2.78 bits per heavy atom. The number of thioether (sulfide) groups is 1. The normalized spacial score (nSPS) is 12.1. The SMILES string of the molecule is CC(C)(C)c1nc(SCCCn2c(=O)[nH]c3ccccc32)n[nH]1. The number of aromatic amines is 2. The number of aryl methyl sites for hydroxylation is 1. The Morgan fingerprint density at radius 1 is 1.26 bits per heavy atom. The quantitative estimate of drug-likeness (QED) is 0.556. The first kappa shape index (κ1) is 15.9. The van der Waals surface area contributed by atoms with Crippen molar-refractivity contribution in [3.8, 4) is 0 Å². The number of rotatable bonds is 5. The average Bonchev–Trinajstić information content (AvgIpc) is 3.08. The van der Waals surface area contributed by atoms with Crippen molar-refractivity contribution in [3.05, 3.63) is 40.6 Å². The third kappa shape index (κ3) is 3.50. The monoisotopic (exact) mass is 331 g/mol. The second-order valence-electron chi connectivity index (χ2n) is 6.52. The summed E-state index contributed by atoms with van der Waals surface area (Å²) in [5.41, 5.74) is 1.76. The molecule has 3 aromatic rings. The van der Waals surface area contributed by atoms with Crippen LogP contribution >= 0.6 is 11.8 Å². The highest BCUT2D eigenvalue weighted by Gasteiger charge is 2.18. The third-order valence-corrected chi connectivity index (χ3v) is 4.55. The van der Waals surface area contributed by atoms with E-state index in [1.165, 1.54) is 0 Å². The van der Waals surface area contributed by atoms with Crippen LogP contribution in [-0.4, -0.2) is 30.5 Å². The van der Waals surface area contributed by atoms with Crippen LogP contribution < -0.4 is 5.69 Å². The second kappa shape index (κ2) is 6.23. The van der Waals surface area contributed by atoms with E-state index in [2.05, 4.69) is 40.9 Å². The van der Waals surface area contributed by atoms with Gasteiger partial charge in [0.05, 0.1) is 11.0 Å². The molecule has 1 aromatic carbocycles. The standard InChI is InChI=1S/C16H21N5OS/c1-16(2,3)13-18-14(20-19-13)23-10-6-9-21-12-8-5-4-7-11(12)17-15(21)22/h4-5,7-8H,6,9-10H2,1-3H3,(H,17,22)(H,18,19,20). The van der Waals surface area contributed by atoms with Gasteiger partial charge in [0, 0.05) is 17.7 Å². The molecule has 6 nitrogen and oxygen atoms in total. The fraction of sp³-hybridized carbons (Fsp3) is 0.438. The van der Waals surface area contributed by atoms with Gasteiger partial charge in [-0.1, -0.05) is 44.7 Å². The number of nitrogens with zero attached hydrogens (tertiary/aromatic N) is 3. The molecule has 2 heterocycles. The van der Waals surface area contributed by atoms with Crippen LogP contribution in [0.2, 0.25) is 0 Å². The van der Waals surface area contributed by atoms with Crippen molar-refractivity contribution in [1.29, 1.82) is 0 Å².